The number of carbonyl (C=O) groups is 1. The normalized spacial score (nSPS) is 11.2. The van der Waals surface area contributed by atoms with Crippen LogP contribution in [0.4, 0.5) is 5.69 Å². The number of carbonyl (C=O) groups excluding carboxylic acids is 1. The summed E-state index contributed by atoms with van der Waals surface area (Å²) in [6, 6.07) is 18.5. The molecular weight excluding hydrogens is 506 g/mol. The summed E-state index contributed by atoms with van der Waals surface area (Å²) in [4.78, 5) is 17.2. The van der Waals surface area contributed by atoms with Gasteiger partial charge < -0.3 is 14.2 Å². The summed E-state index contributed by atoms with van der Waals surface area (Å²) in [5.41, 5.74) is 2.95. The molecule has 9 heteroatoms. The van der Waals surface area contributed by atoms with Crippen LogP contribution in [0.15, 0.2) is 75.6 Å². The van der Waals surface area contributed by atoms with Gasteiger partial charge in [0, 0.05) is 21.8 Å². The van der Waals surface area contributed by atoms with Crippen LogP contribution in [0.25, 0.3) is 33.9 Å². The van der Waals surface area contributed by atoms with E-state index in [1.807, 2.05) is 0 Å². The Kier molecular flexibility index (Phi) is 5.81. The lowest BCUT2D eigenvalue weighted by molar-refractivity contribution is 0.0997. The van der Waals surface area contributed by atoms with Gasteiger partial charge in [0.15, 0.2) is 11.3 Å². The molecule has 0 radical (unpaired) electrons. The summed E-state index contributed by atoms with van der Waals surface area (Å²) < 4.78 is 11.5. The number of aromatic nitrogens is 1. The second-order valence-corrected chi connectivity index (χ2v) is 8.73. The maximum atomic E-state index is 12.7. The molecule has 0 unspecified atom stereocenters. The van der Waals surface area contributed by atoms with Crippen molar-refractivity contribution >= 4 is 69.1 Å². The Hall–Kier alpha value is -2.96. The van der Waals surface area contributed by atoms with Gasteiger partial charge >= 0.3 is 0 Å². The van der Waals surface area contributed by atoms with Crippen molar-refractivity contribution in [3.63, 3.8) is 0 Å². The fourth-order valence-electron chi connectivity index (χ4n) is 3.24. The molecule has 164 valence electrons. The Labute approximate surface area is 207 Å². The molecule has 0 saturated carbocycles. The molecule has 2 aromatic heterocycles. The number of nitrogens with zero attached hydrogens (tertiary/aromatic N) is 1. The number of oxazole rings is 1. The number of fused-ring (bicyclic) bond motifs is 1. The summed E-state index contributed by atoms with van der Waals surface area (Å²) in [5.74, 6) is 0.525. The minimum absolute atomic E-state index is 0.123. The highest BCUT2D eigenvalue weighted by Crippen LogP contribution is 2.33. The van der Waals surface area contributed by atoms with Crippen LogP contribution in [0, 0.1) is 0 Å². The molecule has 5 nitrogen and oxygen atoms in total. The molecule has 0 atom stereocenters. The molecule has 5 rings (SSSR count). The van der Waals surface area contributed by atoms with Crippen LogP contribution in [-0.2, 0) is 0 Å². The molecule has 0 bridgehead atoms. The summed E-state index contributed by atoms with van der Waals surface area (Å²) in [5, 5.41) is 4.62. The van der Waals surface area contributed by atoms with E-state index in [-0.39, 0.29) is 5.76 Å². The number of benzene rings is 3. The first-order chi connectivity index (χ1) is 15.9. The Morgan fingerprint density at radius 3 is 2.42 bits per heavy atom. The van der Waals surface area contributed by atoms with Crippen LogP contribution in [0.3, 0.4) is 0 Å². The minimum Gasteiger partial charge on any atom is -0.451 e. The average molecular weight is 518 g/mol. The van der Waals surface area contributed by atoms with Gasteiger partial charge in [0.05, 0.1) is 15.1 Å². The summed E-state index contributed by atoms with van der Waals surface area (Å²) in [6.07, 6.45) is 0. The van der Waals surface area contributed by atoms with Gasteiger partial charge in [-0.2, -0.15) is 0 Å². The molecule has 0 saturated heterocycles. The molecule has 0 spiro atoms. The lowest BCUT2D eigenvalue weighted by Gasteiger charge is -2.03. The highest BCUT2D eigenvalue weighted by Gasteiger charge is 2.16. The van der Waals surface area contributed by atoms with Crippen molar-refractivity contribution in [2.24, 2.45) is 0 Å². The van der Waals surface area contributed by atoms with Crippen LogP contribution in [0.2, 0.25) is 20.1 Å². The van der Waals surface area contributed by atoms with E-state index in [0.29, 0.717) is 59.7 Å². The van der Waals surface area contributed by atoms with Crippen LogP contribution in [-0.4, -0.2) is 10.9 Å². The molecule has 3 aromatic carbocycles. The molecule has 33 heavy (non-hydrogen) atoms. The van der Waals surface area contributed by atoms with Crippen LogP contribution in [0.1, 0.15) is 10.6 Å². The number of rotatable bonds is 4. The maximum absolute atomic E-state index is 12.7. The van der Waals surface area contributed by atoms with Crippen molar-refractivity contribution in [3.8, 4) is 22.8 Å². The highest BCUT2D eigenvalue weighted by molar-refractivity contribution is 6.42. The molecule has 0 aliphatic carbocycles. The van der Waals surface area contributed by atoms with E-state index in [1.54, 1.807) is 66.7 Å². The Bertz CT molecular complexity index is 1520. The van der Waals surface area contributed by atoms with Crippen molar-refractivity contribution in [1.29, 1.82) is 0 Å². The quantitative estimate of drug-likeness (QED) is 0.259. The largest absolute Gasteiger partial charge is 0.451 e. The van der Waals surface area contributed by atoms with E-state index in [4.69, 9.17) is 55.2 Å². The third-order valence-electron chi connectivity index (χ3n) is 4.84. The van der Waals surface area contributed by atoms with Gasteiger partial charge in [-0.05, 0) is 66.7 Å². The van der Waals surface area contributed by atoms with E-state index < -0.39 is 5.91 Å². The first kappa shape index (κ1) is 21.9. The first-order valence-corrected chi connectivity index (χ1v) is 11.1. The molecule has 5 aromatic rings. The third-order valence-corrected chi connectivity index (χ3v) is 6.14. The number of hydrogen-bond donors (Lipinski definition) is 1. The van der Waals surface area contributed by atoms with Crippen LogP contribution < -0.4 is 5.32 Å². The summed E-state index contributed by atoms with van der Waals surface area (Å²) in [6.45, 7) is 0. The fraction of sp³-hybridized carbons (Fsp3) is 0. The standard InChI is InChI=1S/C24H12Cl4N2O3/c25-13-2-5-16(26)15(10-13)20-7-8-22(32-20)23(31)29-14-3-6-21-19(11-14)30-24(33-21)12-1-4-17(27)18(28)9-12/h1-11H,(H,29,31). The zero-order valence-electron chi connectivity index (χ0n) is 16.5. The van der Waals surface area contributed by atoms with Gasteiger partial charge in [0.25, 0.3) is 5.91 Å². The van der Waals surface area contributed by atoms with Crippen LogP contribution in [0.5, 0.6) is 0 Å². The van der Waals surface area contributed by atoms with Gasteiger partial charge in [-0.25, -0.2) is 4.98 Å². The monoisotopic (exact) mass is 516 g/mol. The van der Waals surface area contributed by atoms with Gasteiger partial charge in [0.1, 0.15) is 11.3 Å². The lowest BCUT2D eigenvalue weighted by Crippen LogP contribution is -2.10. The van der Waals surface area contributed by atoms with Gasteiger partial charge in [-0.15, -0.1) is 0 Å². The maximum Gasteiger partial charge on any atom is 0.291 e. The lowest BCUT2D eigenvalue weighted by atomic mass is 10.2. The molecule has 2 heterocycles. The molecule has 1 amide bonds. The van der Waals surface area contributed by atoms with E-state index in [1.165, 1.54) is 0 Å². The van der Waals surface area contributed by atoms with Crippen molar-refractivity contribution in [2.75, 3.05) is 5.32 Å². The Morgan fingerprint density at radius 1 is 0.788 bits per heavy atom. The number of furan rings is 1. The van der Waals surface area contributed by atoms with E-state index >= 15 is 0 Å². The fourth-order valence-corrected chi connectivity index (χ4v) is 3.92. The molecule has 0 aliphatic rings. The second kappa shape index (κ2) is 8.76. The predicted octanol–water partition coefficient (Wildman–Crippen LogP) is 8.62. The third kappa shape index (κ3) is 4.45. The van der Waals surface area contributed by atoms with E-state index in [9.17, 15) is 4.79 Å². The number of hydrogen-bond acceptors (Lipinski definition) is 4. The molecular formula is C24H12Cl4N2O3. The number of halogens is 4. The van der Waals surface area contributed by atoms with Crippen molar-refractivity contribution in [2.45, 2.75) is 0 Å². The minimum atomic E-state index is -0.424. The smallest absolute Gasteiger partial charge is 0.291 e. The number of amides is 1. The zero-order chi connectivity index (χ0) is 23.1. The summed E-state index contributed by atoms with van der Waals surface area (Å²) in [7, 11) is 0. The Balaban J connectivity index is 1.38. The summed E-state index contributed by atoms with van der Waals surface area (Å²) >= 11 is 24.3. The predicted molar refractivity (Wildman–Crippen MR) is 132 cm³/mol. The molecule has 1 N–H and O–H groups in total. The van der Waals surface area contributed by atoms with Crippen molar-refractivity contribution < 1.29 is 13.6 Å². The van der Waals surface area contributed by atoms with E-state index in [0.717, 1.165) is 0 Å². The van der Waals surface area contributed by atoms with Gasteiger partial charge in [0.2, 0.25) is 5.89 Å². The average Bonchev–Trinajstić information content (AvgIpc) is 3.44. The molecule has 0 fully saturated rings. The number of nitrogens with one attached hydrogen (secondary N) is 1. The van der Waals surface area contributed by atoms with Crippen molar-refractivity contribution in [1.82, 2.24) is 4.98 Å². The first-order valence-electron chi connectivity index (χ1n) is 9.60. The Morgan fingerprint density at radius 2 is 1.61 bits per heavy atom. The van der Waals surface area contributed by atoms with Crippen LogP contribution >= 0.6 is 46.4 Å². The zero-order valence-corrected chi connectivity index (χ0v) is 19.6. The topological polar surface area (TPSA) is 68.3 Å². The van der Waals surface area contributed by atoms with Gasteiger partial charge in [-0.1, -0.05) is 46.4 Å². The van der Waals surface area contributed by atoms with Crippen molar-refractivity contribution in [3.05, 3.63) is 92.6 Å². The van der Waals surface area contributed by atoms with Gasteiger partial charge in [-0.3, -0.25) is 4.79 Å². The number of anilines is 1. The highest BCUT2D eigenvalue weighted by atomic mass is 35.5. The van der Waals surface area contributed by atoms with E-state index in [2.05, 4.69) is 10.3 Å². The second-order valence-electron chi connectivity index (χ2n) is 7.07. The SMILES string of the molecule is O=C(Nc1ccc2oc(-c3ccc(Cl)c(Cl)c3)nc2c1)c1ccc(-c2cc(Cl)ccc2Cl)o1. The molecule has 0 aliphatic heterocycles.